The number of carbonyl (C=O) groups is 2. The lowest BCUT2D eigenvalue weighted by molar-refractivity contribution is 0.0996. The van der Waals surface area contributed by atoms with E-state index in [2.05, 4.69) is 20.8 Å². The lowest BCUT2D eigenvalue weighted by atomic mass is 9.95. The Bertz CT molecular complexity index is 1230. The fourth-order valence-electron chi connectivity index (χ4n) is 3.12. The second-order valence-electron chi connectivity index (χ2n) is 6.93. The zero-order chi connectivity index (χ0) is 21.1. The molecule has 4 rings (SSSR count). The first-order chi connectivity index (χ1) is 14.5. The van der Waals surface area contributed by atoms with E-state index in [-0.39, 0.29) is 11.7 Å². The van der Waals surface area contributed by atoms with Crippen molar-refractivity contribution < 1.29 is 9.59 Å². The smallest absolute Gasteiger partial charge is 0.256 e. The van der Waals surface area contributed by atoms with Crippen LogP contribution >= 0.6 is 0 Å². The third-order valence-electron chi connectivity index (χ3n) is 4.90. The van der Waals surface area contributed by atoms with Crippen LogP contribution in [0.3, 0.4) is 0 Å². The second kappa shape index (κ2) is 8.08. The van der Waals surface area contributed by atoms with Gasteiger partial charge in [0.15, 0.2) is 5.78 Å². The molecule has 0 spiro atoms. The highest BCUT2D eigenvalue weighted by Gasteiger charge is 2.18. The standard InChI is InChI=1S/C23H19N5O2/c1-15-10-11-17(12-16(15)2)22(29)20-8-3-4-9-21(20)23(30)25-18-6-5-7-19(13-18)28-14-24-26-27-28/h3-14H,1-2H3,(H,25,30). The van der Waals surface area contributed by atoms with Crippen molar-refractivity contribution in [2.24, 2.45) is 0 Å². The summed E-state index contributed by atoms with van der Waals surface area (Å²) in [5.41, 5.74) is 4.64. The Morgan fingerprint density at radius 3 is 2.40 bits per heavy atom. The third kappa shape index (κ3) is 3.86. The van der Waals surface area contributed by atoms with Crippen molar-refractivity contribution in [3.05, 3.63) is 101 Å². The number of hydrogen-bond donors (Lipinski definition) is 1. The molecule has 1 heterocycles. The fourth-order valence-corrected chi connectivity index (χ4v) is 3.12. The van der Waals surface area contributed by atoms with E-state index in [4.69, 9.17) is 0 Å². The minimum Gasteiger partial charge on any atom is -0.322 e. The molecule has 1 N–H and O–H groups in total. The Morgan fingerprint density at radius 1 is 0.867 bits per heavy atom. The Balaban J connectivity index is 1.62. The number of nitrogens with zero attached hydrogens (tertiary/aromatic N) is 4. The highest BCUT2D eigenvalue weighted by Crippen LogP contribution is 2.20. The minimum absolute atomic E-state index is 0.189. The zero-order valence-electron chi connectivity index (χ0n) is 16.5. The quantitative estimate of drug-likeness (QED) is 0.518. The molecule has 30 heavy (non-hydrogen) atoms. The number of carbonyl (C=O) groups excluding carboxylic acids is 2. The van der Waals surface area contributed by atoms with Crippen LogP contribution in [0.1, 0.15) is 37.4 Å². The molecule has 3 aromatic carbocycles. The summed E-state index contributed by atoms with van der Waals surface area (Å²) in [6.07, 6.45) is 1.47. The monoisotopic (exact) mass is 397 g/mol. The molecule has 0 atom stereocenters. The van der Waals surface area contributed by atoms with E-state index < -0.39 is 0 Å². The summed E-state index contributed by atoms with van der Waals surface area (Å²) in [5.74, 6) is -0.553. The van der Waals surface area contributed by atoms with Crippen molar-refractivity contribution >= 4 is 17.4 Å². The maximum atomic E-state index is 13.1. The van der Waals surface area contributed by atoms with Crippen LogP contribution in [0.5, 0.6) is 0 Å². The van der Waals surface area contributed by atoms with Gasteiger partial charge in [0.2, 0.25) is 0 Å². The van der Waals surface area contributed by atoms with Gasteiger partial charge >= 0.3 is 0 Å². The van der Waals surface area contributed by atoms with Gasteiger partial charge in [-0.2, -0.15) is 0 Å². The van der Waals surface area contributed by atoms with E-state index in [1.54, 1.807) is 48.5 Å². The van der Waals surface area contributed by atoms with E-state index in [9.17, 15) is 9.59 Å². The van der Waals surface area contributed by atoms with Gasteiger partial charge in [-0.05, 0) is 65.7 Å². The second-order valence-corrected chi connectivity index (χ2v) is 6.93. The molecule has 0 aliphatic carbocycles. The van der Waals surface area contributed by atoms with Gasteiger partial charge in [-0.1, -0.05) is 36.4 Å². The van der Waals surface area contributed by atoms with Crippen molar-refractivity contribution in [3.8, 4) is 5.69 Å². The van der Waals surface area contributed by atoms with Crippen molar-refractivity contribution in [1.82, 2.24) is 20.2 Å². The molecule has 0 saturated heterocycles. The Labute approximate surface area is 173 Å². The number of benzene rings is 3. The summed E-state index contributed by atoms with van der Waals surface area (Å²) < 4.78 is 1.49. The van der Waals surface area contributed by atoms with Crippen LogP contribution < -0.4 is 5.32 Å². The van der Waals surface area contributed by atoms with Crippen LogP contribution in [0.25, 0.3) is 5.69 Å². The topological polar surface area (TPSA) is 89.8 Å². The molecule has 7 nitrogen and oxygen atoms in total. The van der Waals surface area contributed by atoms with Crippen molar-refractivity contribution in [2.75, 3.05) is 5.32 Å². The van der Waals surface area contributed by atoms with Gasteiger partial charge < -0.3 is 5.32 Å². The predicted molar refractivity (Wildman–Crippen MR) is 113 cm³/mol. The summed E-state index contributed by atoms with van der Waals surface area (Å²) in [7, 11) is 0. The summed E-state index contributed by atoms with van der Waals surface area (Å²) in [5, 5.41) is 13.9. The van der Waals surface area contributed by atoms with Gasteiger partial charge in [0.25, 0.3) is 5.91 Å². The van der Waals surface area contributed by atoms with Gasteiger partial charge in [0.1, 0.15) is 6.33 Å². The number of hydrogen-bond acceptors (Lipinski definition) is 5. The van der Waals surface area contributed by atoms with E-state index in [1.165, 1.54) is 11.0 Å². The fraction of sp³-hybridized carbons (Fsp3) is 0.0870. The molecule has 4 aromatic rings. The molecule has 7 heteroatoms. The van der Waals surface area contributed by atoms with Crippen LogP contribution in [-0.2, 0) is 0 Å². The molecule has 0 fully saturated rings. The average molecular weight is 397 g/mol. The molecule has 0 bridgehead atoms. The Hall–Kier alpha value is -4.13. The van der Waals surface area contributed by atoms with E-state index in [0.29, 0.717) is 28.1 Å². The SMILES string of the molecule is Cc1ccc(C(=O)c2ccccc2C(=O)Nc2cccc(-n3cnnn3)c2)cc1C. The molecule has 0 unspecified atom stereocenters. The van der Waals surface area contributed by atoms with Crippen LogP contribution in [0.15, 0.2) is 73.1 Å². The molecular weight excluding hydrogens is 378 g/mol. The van der Waals surface area contributed by atoms with Crippen molar-refractivity contribution in [2.45, 2.75) is 13.8 Å². The number of nitrogens with one attached hydrogen (secondary N) is 1. The number of anilines is 1. The maximum absolute atomic E-state index is 13.1. The normalized spacial score (nSPS) is 10.6. The number of aryl methyl sites for hydroxylation is 2. The molecule has 0 aliphatic heterocycles. The molecule has 0 saturated carbocycles. The molecule has 1 amide bonds. The largest absolute Gasteiger partial charge is 0.322 e. The van der Waals surface area contributed by atoms with E-state index in [0.717, 1.165) is 11.1 Å². The molecular formula is C23H19N5O2. The number of rotatable bonds is 5. The lowest BCUT2D eigenvalue weighted by Crippen LogP contribution is -2.17. The third-order valence-corrected chi connectivity index (χ3v) is 4.90. The Kier molecular flexibility index (Phi) is 5.17. The minimum atomic E-state index is -0.364. The average Bonchev–Trinajstić information content (AvgIpc) is 3.30. The highest BCUT2D eigenvalue weighted by atomic mass is 16.2. The Morgan fingerprint density at radius 2 is 1.67 bits per heavy atom. The molecule has 0 radical (unpaired) electrons. The van der Waals surface area contributed by atoms with Gasteiger partial charge in [-0.15, -0.1) is 5.10 Å². The highest BCUT2D eigenvalue weighted by molar-refractivity contribution is 6.17. The summed E-state index contributed by atoms with van der Waals surface area (Å²) in [6.45, 7) is 3.96. The van der Waals surface area contributed by atoms with Crippen LogP contribution in [0, 0.1) is 13.8 Å². The van der Waals surface area contributed by atoms with E-state index in [1.807, 2.05) is 32.0 Å². The van der Waals surface area contributed by atoms with Gasteiger partial charge in [0.05, 0.1) is 11.3 Å². The maximum Gasteiger partial charge on any atom is 0.256 e. The molecule has 148 valence electrons. The first-order valence-electron chi connectivity index (χ1n) is 9.39. The first-order valence-corrected chi connectivity index (χ1v) is 9.39. The van der Waals surface area contributed by atoms with Crippen molar-refractivity contribution in [3.63, 3.8) is 0 Å². The lowest BCUT2D eigenvalue weighted by Gasteiger charge is -2.11. The van der Waals surface area contributed by atoms with Crippen molar-refractivity contribution in [1.29, 1.82) is 0 Å². The van der Waals surface area contributed by atoms with Gasteiger partial charge in [-0.3, -0.25) is 9.59 Å². The summed E-state index contributed by atoms with van der Waals surface area (Å²) in [6, 6.07) is 19.5. The van der Waals surface area contributed by atoms with Crippen LogP contribution in [0.2, 0.25) is 0 Å². The van der Waals surface area contributed by atoms with Gasteiger partial charge in [0, 0.05) is 16.8 Å². The number of tetrazole rings is 1. The zero-order valence-corrected chi connectivity index (χ0v) is 16.5. The van der Waals surface area contributed by atoms with Crippen LogP contribution in [-0.4, -0.2) is 31.9 Å². The summed E-state index contributed by atoms with van der Waals surface area (Å²) in [4.78, 5) is 26.1. The predicted octanol–water partition coefficient (Wildman–Crippen LogP) is 3.76. The number of ketones is 1. The first kappa shape index (κ1) is 19.2. The number of amides is 1. The van der Waals surface area contributed by atoms with Crippen LogP contribution in [0.4, 0.5) is 5.69 Å². The number of aromatic nitrogens is 4. The molecule has 0 aliphatic rings. The van der Waals surface area contributed by atoms with E-state index >= 15 is 0 Å². The summed E-state index contributed by atoms with van der Waals surface area (Å²) >= 11 is 0. The molecule has 1 aromatic heterocycles. The van der Waals surface area contributed by atoms with Gasteiger partial charge in [-0.25, -0.2) is 4.68 Å².